The predicted octanol–water partition coefficient (Wildman–Crippen LogP) is 2.42. The van der Waals surface area contributed by atoms with Crippen molar-refractivity contribution in [3.05, 3.63) is 29.8 Å². The minimum atomic E-state index is -0.783. The topological polar surface area (TPSA) is 92.7 Å². The highest BCUT2D eigenvalue weighted by Gasteiger charge is 2.02. The lowest BCUT2D eigenvalue weighted by Gasteiger charge is -2.07. The number of aliphatic carboxylic acids is 1. The van der Waals surface area contributed by atoms with Gasteiger partial charge in [0.1, 0.15) is 12.0 Å². The molecule has 126 valence electrons. The third-order valence-electron chi connectivity index (χ3n) is 3.22. The number of carboxylic acids is 1. The van der Waals surface area contributed by atoms with Crippen LogP contribution in [0.15, 0.2) is 24.3 Å². The van der Waals surface area contributed by atoms with Gasteiger partial charge < -0.3 is 15.2 Å². The second-order valence-corrected chi connectivity index (χ2v) is 5.19. The molecule has 0 heterocycles. The van der Waals surface area contributed by atoms with E-state index in [2.05, 4.69) is 5.32 Å². The zero-order valence-corrected chi connectivity index (χ0v) is 13.1. The van der Waals surface area contributed by atoms with E-state index in [0.717, 1.165) is 19.1 Å². The third-order valence-corrected chi connectivity index (χ3v) is 3.22. The molecule has 0 saturated heterocycles. The normalized spacial score (nSPS) is 10.1. The van der Waals surface area contributed by atoms with Gasteiger partial charge in [-0.1, -0.05) is 6.42 Å². The average molecular weight is 321 g/mol. The first-order chi connectivity index (χ1) is 11.1. The maximum absolute atomic E-state index is 11.6. The Kier molecular flexibility index (Phi) is 9.12. The van der Waals surface area contributed by atoms with Gasteiger partial charge in [-0.2, -0.15) is 0 Å². The van der Waals surface area contributed by atoms with E-state index in [1.807, 2.05) is 0 Å². The van der Waals surface area contributed by atoms with Gasteiger partial charge in [-0.05, 0) is 43.5 Å². The molecule has 1 rings (SSSR count). The first-order valence-electron chi connectivity index (χ1n) is 7.78. The van der Waals surface area contributed by atoms with Crippen LogP contribution in [0.4, 0.5) is 0 Å². The molecule has 0 radical (unpaired) electrons. The van der Waals surface area contributed by atoms with E-state index in [1.165, 1.54) is 0 Å². The summed E-state index contributed by atoms with van der Waals surface area (Å²) in [6, 6.07) is 6.81. The second kappa shape index (κ2) is 11.2. The molecule has 0 aliphatic rings. The molecular weight excluding hydrogens is 298 g/mol. The lowest BCUT2D eigenvalue weighted by molar-refractivity contribution is -0.137. The molecule has 1 aromatic carbocycles. The number of carboxylic acid groups (broad SMARTS) is 1. The zero-order chi connectivity index (χ0) is 16.9. The third kappa shape index (κ3) is 9.29. The number of carbonyl (C=O) groups is 3. The fourth-order valence-electron chi connectivity index (χ4n) is 1.96. The number of carbonyl (C=O) groups excluding carboxylic acids is 2. The summed E-state index contributed by atoms with van der Waals surface area (Å²) in [5.41, 5.74) is 0.597. The molecular formula is C17H23NO5. The molecule has 0 unspecified atom stereocenters. The van der Waals surface area contributed by atoms with E-state index < -0.39 is 5.97 Å². The van der Waals surface area contributed by atoms with Gasteiger partial charge >= 0.3 is 5.97 Å². The molecule has 2 N–H and O–H groups in total. The number of hydrogen-bond donors (Lipinski definition) is 2. The number of benzene rings is 1. The van der Waals surface area contributed by atoms with Crippen LogP contribution in [-0.2, 0) is 9.59 Å². The summed E-state index contributed by atoms with van der Waals surface area (Å²) in [6.45, 7) is 1.01. The van der Waals surface area contributed by atoms with Crippen LogP contribution in [0.2, 0.25) is 0 Å². The molecule has 0 aliphatic heterocycles. The van der Waals surface area contributed by atoms with Crippen LogP contribution in [0.5, 0.6) is 5.75 Å². The van der Waals surface area contributed by atoms with Crippen molar-refractivity contribution in [3.63, 3.8) is 0 Å². The zero-order valence-electron chi connectivity index (χ0n) is 13.1. The maximum atomic E-state index is 11.6. The molecule has 0 aromatic heterocycles. The van der Waals surface area contributed by atoms with Crippen LogP contribution >= 0.6 is 0 Å². The Hall–Kier alpha value is -2.37. The molecule has 0 bridgehead atoms. The van der Waals surface area contributed by atoms with E-state index in [1.54, 1.807) is 24.3 Å². The Labute approximate surface area is 135 Å². The highest BCUT2D eigenvalue weighted by molar-refractivity contribution is 5.75. The number of amides is 1. The number of ether oxygens (including phenoxy) is 1. The molecule has 6 nitrogen and oxygen atoms in total. The molecule has 0 spiro atoms. The minimum absolute atomic E-state index is 0.0249. The Bertz CT molecular complexity index is 498. The fourth-order valence-corrected chi connectivity index (χ4v) is 1.96. The van der Waals surface area contributed by atoms with Gasteiger partial charge in [-0.3, -0.25) is 14.4 Å². The Balaban J connectivity index is 2.01. The smallest absolute Gasteiger partial charge is 0.303 e. The summed E-state index contributed by atoms with van der Waals surface area (Å²) in [4.78, 5) is 32.4. The van der Waals surface area contributed by atoms with E-state index in [9.17, 15) is 14.4 Å². The summed E-state index contributed by atoms with van der Waals surface area (Å²) in [6.07, 6.45) is 4.18. The first-order valence-corrected chi connectivity index (χ1v) is 7.78. The summed E-state index contributed by atoms with van der Waals surface area (Å²) < 4.78 is 5.48. The van der Waals surface area contributed by atoms with Crippen molar-refractivity contribution < 1.29 is 24.2 Å². The lowest BCUT2D eigenvalue weighted by Crippen LogP contribution is -2.24. The van der Waals surface area contributed by atoms with Crippen LogP contribution in [0.3, 0.4) is 0 Å². The molecule has 1 amide bonds. The average Bonchev–Trinajstić information content (AvgIpc) is 2.55. The first kappa shape index (κ1) is 18.7. The summed E-state index contributed by atoms with van der Waals surface area (Å²) in [5, 5.41) is 11.3. The van der Waals surface area contributed by atoms with E-state index >= 15 is 0 Å². The van der Waals surface area contributed by atoms with Gasteiger partial charge in [0, 0.05) is 24.9 Å². The molecule has 0 aliphatic carbocycles. The van der Waals surface area contributed by atoms with Crippen molar-refractivity contribution in [1.29, 1.82) is 0 Å². The van der Waals surface area contributed by atoms with Crippen LogP contribution in [0, 0.1) is 0 Å². The second-order valence-electron chi connectivity index (χ2n) is 5.19. The largest absolute Gasteiger partial charge is 0.494 e. The maximum Gasteiger partial charge on any atom is 0.303 e. The molecule has 0 saturated carbocycles. The quantitative estimate of drug-likeness (QED) is 0.455. The number of aldehydes is 1. The molecule has 0 fully saturated rings. The lowest BCUT2D eigenvalue weighted by atomic mass is 10.2. The standard InChI is InChI=1S/C17H23NO5/c19-13-14-7-9-15(10-8-14)23-12-4-5-16(20)18-11-3-1-2-6-17(21)22/h7-10,13H,1-6,11-12H2,(H,18,20)(H,21,22). The minimum Gasteiger partial charge on any atom is -0.494 e. The number of hydrogen-bond acceptors (Lipinski definition) is 4. The number of nitrogens with one attached hydrogen (secondary N) is 1. The van der Waals surface area contributed by atoms with Crippen molar-refractivity contribution in [1.82, 2.24) is 5.32 Å². The number of rotatable bonds is 12. The van der Waals surface area contributed by atoms with Gasteiger partial charge in [0.15, 0.2) is 0 Å². The van der Waals surface area contributed by atoms with Crippen LogP contribution in [0.1, 0.15) is 48.9 Å². The molecule has 0 atom stereocenters. The van der Waals surface area contributed by atoms with Crippen LogP contribution < -0.4 is 10.1 Å². The van der Waals surface area contributed by atoms with Crippen molar-refractivity contribution in [2.45, 2.75) is 38.5 Å². The highest BCUT2D eigenvalue weighted by Crippen LogP contribution is 2.11. The Morgan fingerprint density at radius 2 is 1.78 bits per heavy atom. The number of unbranched alkanes of at least 4 members (excludes halogenated alkanes) is 2. The SMILES string of the molecule is O=Cc1ccc(OCCCC(=O)NCCCCCC(=O)O)cc1. The van der Waals surface area contributed by atoms with Gasteiger partial charge in [0.25, 0.3) is 0 Å². The highest BCUT2D eigenvalue weighted by atomic mass is 16.5. The van der Waals surface area contributed by atoms with Crippen molar-refractivity contribution in [2.75, 3.05) is 13.2 Å². The Morgan fingerprint density at radius 1 is 1.04 bits per heavy atom. The van der Waals surface area contributed by atoms with Crippen molar-refractivity contribution in [2.24, 2.45) is 0 Å². The van der Waals surface area contributed by atoms with Crippen molar-refractivity contribution in [3.8, 4) is 5.75 Å². The molecule has 1 aromatic rings. The van der Waals surface area contributed by atoms with E-state index in [-0.39, 0.29) is 12.3 Å². The fraction of sp³-hybridized carbons (Fsp3) is 0.471. The molecule has 6 heteroatoms. The Morgan fingerprint density at radius 3 is 2.43 bits per heavy atom. The van der Waals surface area contributed by atoms with Gasteiger partial charge in [0.05, 0.1) is 6.61 Å². The van der Waals surface area contributed by atoms with Crippen LogP contribution in [0.25, 0.3) is 0 Å². The van der Waals surface area contributed by atoms with Crippen molar-refractivity contribution >= 4 is 18.2 Å². The van der Waals surface area contributed by atoms with Gasteiger partial charge in [0.2, 0.25) is 5.91 Å². The summed E-state index contributed by atoms with van der Waals surface area (Å²) in [7, 11) is 0. The van der Waals surface area contributed by atoms with Crippen LogP contribution in [-0.4, -0.2) is 36.4 Å². The summed E-state index contributed by atoms with van der Waals surface area (Å²) in [5.74, 6) is -0.132. The van der Waals surface area contributed by atoms with E-state index in [4.69, 9.17) is 9.84 Å². The monoisotopic (exact) mass is 321 g/mol. The molecule has 23 heavy (non-hydrogen) atoms. The van der Waals surface area contributed by atoms with Gasteiger partial charge in [-0.15, -0.1) is 0 Å². The van der Waals surface area contributed by atoms with Gasteiger partial charge in [-0.25, -0.2) is 0 Å². The van der Waals surface area contributed by atoms with E-state index in [0.29, 0.717) is 43.7 Å². The summed E-state index contributed by atoms with van der Waals surface area (Å²) >= 11 is 0. The predicted molar refractivity (Wildman–Crippen MR) is 85.7 cm³/mol.